The molecule has 0 fully saturated rings. The molecule has 0 spiro atoms. The fraction of sp³-hybridized carbons (Fsp3) is 0.0435. The van der Waals surface area contributed by atoms with E-state index in [4.69, 9.17) is 10.1 Å². The van der Waals surface area contributed by atoms with E-state index in [1.807, 2.05) is 60.7 Å². The first-order chi connectivity index (χ1) is 14.2. The number of anilines is 2. The van der Waals surface area contributed by atoms with Crippen molar-refractivity contribution >= 4 is 28.7 Å². The quantitative estimate of drug-likeness (QED) is 0.629. The van der Waals surface area contributed by atoms with Crippen molar-refractivity contribution in [1.82, 2.24) is 15.0 Å². The van der Waals surface area contributed by atoms with Crippen LogP contribution in [0.1, 0.15) is 11.3 Å². The monoisotopic (exact) mass is 381 g/mol. The van der Waals surface area contributed by atoms with Crippen molar-refractivity contribution in [1.29, 1.82) is 5.41 Å². The minimum atomic E-state index is 0.367. The Balaban J connectivity index is 1.71. The number of allylic oxidation sites excluding steroid dienone is 5. The smallest absolute Gasteiger partial charge is 0.227 e. The Hall–Kier alpha value is -4.06. The summed E-state index contributed by atoms with van der Waals surface area (Å²) in [6.45, 7) is 0. The number of pyridine rings is 1. The molecule has 4 rings (SSSR count). The molecule has 2 heterocycles. The van der Waals surface area contributed by atoms with Crippen LogP contribution in [0.3, 0.4) is 0 Å². The van der Waals surface area contributed by atoms with Gasteiger partial charge in [-0.05, 0) is 42.5 Å². The molecule has 0 aliphatic heterocycles. The van der Waals surface area contributed by atoms with Gasteiger partial charge in [0.2, 0.25) is 5.95 Å². The van der Waals surface area contributed by atoms with Gasteiger partial charge < -0.3 is 15.5 Å². The molecule has 0 bridgehead atoms. The van der Waals surface area contributed by atoms with Gasteiger partial charge in [-0.25, -0.2) is 9.97 Å². The molecule has 2 N–H and O–H groups in total. The maximum atomic E-state index is 8.34. The zero-order valence-electron chi connectivity index (χ0n) is 15.8. The summed E-state index contributed by atoms with van der Waals surface area (Å²) in [5.74, 6) is 1.11. The standard InChI is InChI=1S/C23H19N5O/c1-29-22(17-6-5-12-25-15-17)19-14-16(9-10-20(19)24)21-11-13-26-23(28-21)27-18-7-3-2-4-8-18/h2-15,24H,1H3,(H,26,27,28)/b22-19-,24-20?. The highest BCUT2D eigenvalue weighted by Gasteiger charge is 2.17. The van der Waals surface area contributed by atoms with Crippen molar-refractivity contribution in [3.8, 4) is 0 Å². The van der Waals surface area contributed by atoms with E-state index in [0.717, 1.165) is 22.5 Å². The van der Waals surface area contributed by atoms with E-state index in [1.165, 1.54) is 0 Å². The first-order valence-electron chi connectivity index (χ1n) is 9.07. The zero-order valence-corrected chi connectivity index (χ0v) is 15.8. The maximum Gasteiger partial charge on any atom is 0.227 e. The number of aromatic nitrogens is 3. The van der Waals surface area contributed by atoms with Gasteiger partial charge in [-0.2, -0.15) is 0 Å². The number of benzene rings is 1. The van der Waals surface area contributed by atoms with Crippen LogP contribution in [0.2, 0.25) is 0 Å². The number of hydrogen-bond donors (Lipinski definition) is 2. The fourth-order valence-electron chi connectivity index (χ4n) is 3.00. The van der Waals surface area contributed by atoms with Crippen LogP contribution in [-0.2, 0) is 4.74 Å². The molecule has 1 aliphatic carbocycles. The second-order valence-electron chi connectivity index (χ2n) is 6.29. The van der Waals surface area contributed by atoms with Crippen LogP contribution in [0.5, 0.6) is 0 Å². The number of methoxy groups -OCH3 is 1. The van der Waals surface area contributed by atoms with Crippen molar-refractivity contribution in [3.05, 3.63) is 102 Å². The molecule has 6 nitrogen and oxygen atoms in total. The Morgan fingerprint density at radius 1 is 1.00 bits per heavy atom. The summed E-state index contributed by atoms with van der Waals surface area (Å²) in [5.41, 5.74) is 4.39. The molecule has 0 unspecified atom stereocenters. The van der Waals surface area contributed by atoms with E-state index >= 15 is 0 Å². The molecule has 2 aromatic heterocycles. The van der Waals surface area contributed by atoms with Gasteiger partial charge >= 0.3 is 0 Å². The van der Waals surface area contributed by atoms with E-state index in [0.29, 0.717) is 23.0 Å². The van der Waals surface area contributed by atoms with Crippen molar-refractivity contribution in [3.63, 3.8) is 0 Å². The summed E-state index contributed by atoms with van der Waals surface area (Å²) >= 11 is 0. The van der Waals surface area contributed by atoms with E-state index in [1.54, 1.807) is 31.8 Å². The van der Waals surface area contributed by atoms with Gasteiger partial charge in [0.1, 0.15) is 5.76 Å². The van der Waals surface area contributed by atoms with E-state index in [9.17, 15) is 0 Å². The van der Waals surface area contributed by atoms with Gasteiger partial charge in [-0.15, -0.1) is 0 Å². The maximum absolute atomic E-state index is 8.34. The molecule has 0 atom stereocenters. The topological polar surface area (TPSA) is 83.8 Å². The Morgan fingerprint density at radius 2 is 1.86 bits per heavy atom. The first-order valence-corrected chi connectivity index (χ1v) is 9.07. The third kappa shape index (κ3) is 4.11. The highest BCUT2D eigenvalue weighted by atomic mass is 16.5. The lowest BCUT2D eigenvalue weighted by Crippen LogP contribution is -2.07. The second-order valence-corrected chi connectivity index (χ2v) is 6.29. The second kappa shape index (κ2) is 8.31. The normalized spacial score (nSPS) is 14.9. The highest BCUT2D eigenvalue weighted by Crippen LogP contribution is 2.28. The lowest BCUT2D eigenvalue weighted by atomic mass is 9.95. The number of nitrogens with zero attached hydrogens (tertiary/aromatic N) is 3. The van der Waals surface area contributed by atoms with E-state index < -0.39 is 0 Å². The Bertz CT molecular complexity index is 1120. The predicted molar refractivity (Wildman–Crippen MR) is 115 cm³/mol. The fourth-order valence-corrected chi connectivity index (χ4v) is 3.00. The van der Waals surface area contributed by atoms with E-state index in [2.05, 4.69) is 20.3 Å². The average Bonchev–Trinajstić information content (AvgIpc) is 2.77. The van der Waals surface area contributed by atoms with Crippen LogP contribution in [0.25, 0.3) is 11.3 Å². The minimum absolute atomic E-state index is 0.367. The number of nitrogens with one attached hydrogen (secondary N) is 2. The first kappa shape index (κ1) is 18.3. The van der Waals surface area contributed by atoms with Crippen molar-refractivity contribution in [2.45, 2.75) is 0 Å². The van der Waals surface area contributed by atoms with Crippen molar-refractivity contribution < 1.29 is 4.74 Å². The Kier molecular flexibility index (Phi) is 5.25. The van der Waals surface area contributed by atoms with Crippen LogP contribution in [-0.4, -0.2) is 27.8 Å². The van der Waals surface area contributed by atoms with Gasteiger partial charge in [0.15, 0.2) is 0 Å². The number of hydrogen-bond acceptors (Lipinski definition) is 6. The van der Waals surface area contributed by atoms with Gasteiger partial charge in [-0.1, -0.05) is 24.3 Å². The van der Waals surface area contributed by atoms with Crippen LogP contribution in [0.4, 0.5) is 11.6 Å². The Morgan fingerprint density at radius 3 is 2.62 bits per heavy atom. The number of para-hydroxylation sites is 1. The van der Waals surface area contributed by atoms with Gasteiger partial charge in [-0.3, -0.25) is 4.98 Å². The third-order valence-corrected chi connectivity index (χ3v) is 4.37. The molecule has 3 aromatic rings. The summed E-state index contributed by atoms with van der Waals surface area (Å²) in [4.78, 5) is 13.1. The van der Waals surface area contributed by atoms with Gasteiger partial charge in [0.05, 0.1) is 18.5 Å². The van der Waals surface area contributed by atoms with Crippen molar-refractivity contribution in [2.75, 3.05) is 12.4 Å². The minimum Gasteiger partial charge on any atom is -0.495 e. The SMILES string of the molecule is CO/C(=C1/C=C(c2ccnc(Nc3ccccc3)n2)C=CC1=N)c1cccnc1. The van der Waals surface area contributed by atoms with Crippen LogP contribution in [0.15, 0.2) is 90.9 Å². The van der Waals surface area contributed by atoms with Crippen molar-refractivity contribution in [2.24, 2.45) is 0 Å². The van der Waals surface area contributed by atoms with E-state index in [-0.39, 0.29) is 0 Å². The lowest BCUT2D eigenvalue weighted by Gasteiger charge is -2.16. The predicted octanol–water partition coefficient (Wildman–Crippen LogP) is 4.65. The van der Waals surface area contributed by atoms with Crippen LogP contribution in [0, 0.1) is 5.41 Å². The summed E-state index contributed by atoms with van der Waals surface area (Å²) in [6.07, 6.45) is 10.7. The Labute approximate surface area is 168 Å². The lowest BCUT2D eigenvalue weighted by molar-refractivity contribution is 0.368. The molecule has 0 saturated heterocycles. The summed E-state index contributed by atoms with van der Waals surface area (Å²) in [6, 6.07) is 15.4. The molecule has 1 aliphatic rings. The molecule has 142 valence electrons. The molecule has 29 heavy (non-hydrogen) atoms. The molecule has 1 aromatic carbocycles. The molecule has 0 saturated carbocycles. The summed E-state index contributed by atoms with van der Waals surface area (Å²) in [5, 5.41) is 11.5. The molecule has 0 radical (unpaired) electrons. The summed E-state index contributed by atoms with van der Waals surface area (Å²) in [7, 11) is 1.60. The third-order valence-electron chi connectivity index (χ3n) is 4.37. The number of rotatable bonds is 5. The summed E-state index contributed by atoms with van der Waals surface area (Å²) < 4.78 is 5.61. The average molecular weight is 381 g/mol. The largest absolute Gasteiger partial charge is 0.495 e. The van der Waals surface area contributed by atoms with Crippen LogP contribution < -0.4 is 5.32 Å². The zero-order chi connectivity index (χ0) is 20.1. The molecule has 6 heteroatoms. The molecular formula is C23H19N5O. The molecule has 0 amide bonds. The number of ether oxygens (including phenoxy) is 1. The molecular weight excluding hydrogens is 362 g/mol. The van der Waals surface area contributed by atoms with Gasteiger partial charge in [0.25, 0.3) is 0 Å². The highest BCUT2D eigenvalue weighted by molar-refractivity contribution is 6.16. The van der Waals surface area contributed by atoms with Gasteiger partial charge in [0, 0.05) is 41.0 Å². The van der Waals surface area contributed by atoms with Crippen LogP contribution >= 0.6 is 0 Å².